The van der Waals surface area contributed by atoms with Crippen molar-refractivity contribution in [1.29, 1.82) is 0 Å². The van der Waals surface area contributed by atoms with Crippen molar-refractivity contribution in [2.45, 2.75) is 6.92 Å². The van der Waals surface area contributed by atoms with Crippen LogP contribution in [0.25, 0.3) is 0 Å². The highest BCUT2D eigenvalue weighted by Crippen LogP contribution is 1.82. The molecule has 58 valence electrons. The summed E-state index contributed by atoms with van der Waals surface area (Å²) in [5.74, 6) is 0.613. The van der Waals surface area contributed by atoms with Crippen LogP contribution in [0.2, 0.25) is 0 Å². The van der Waals surface area contributed by atoms with Crippen molar-refractivity contribution < 1.29 is 4.74 Å². The fourth-order valence-corrected chi connectivity index (χ4v) is 0.456. The van der Waals surface area contributed by atoms with Gasteiger partial charge in [0.05, 0.1) is 7.11 Å². The Morgan fingerprint density at radius 1 is 1.60 bits per heavy atom. The van der Waals surface area contributed by atoms with Gasteiger partial charge in [0, 0.05) is 21.0 Å². The molecule has 0 aliphatic rings. The van der Waals surface area contributed by atoms with Crippen molar-refractivity contribution in [1.82, 2.24) is 5.01 Å². The Morgan fingerprint density at radius 2 is 2.20 bits per heavy atom. The van der Waals surface area contributed by atoms with Crippen LogP contribution in [0.1, 0.15) is 6.92 Å². The van der Waals surface area contributed by atoms with Crippen molar-refractivity contribution in [2.24, 2.45) is 10.1 Å². The lowest BCUT2D eigenvalue weighted by molar-refractivity contribution is 0.381. The predicted octanol–water partition coefficient (Wildman–Crippen LogP) is 0.556. The highest BCUT2D eigenvalue weighted by molar-refractivity contribution is 5.73. The molecule has 4 heteroatoms. The standard InChI is InChI=1S/C6H13N3O/c1-6(10-4)8-9(3)5-7-2/h5H,1-4H3/b7-5-,8-6+. The number of rotatable bonds is 2. The molecule has 0 saturated heterocycles. The van der Waals surface area contributed by atoms with Crippen LogP contribution in [0.15, 0.2) is 10.1 Å². The summed E-state index contributed by atoms with van der Waals surface area (Å²) in [6.45, 7) is 1.78. The van der Waals surface area contributed by atoms with Crippen molar-refractivity contribution in [3.8, 4) is 0 Å². The van der Waals surface area contributed by atoms with Crippen LogP contribution < -0.4 is 0 Å². The largest absolute Gasteiger partial charge is 0.483 e. The first-order valence-corrected chi connectivity index (χ1v) is 2.95. The third kappa shape index (κ3) is 3.88. The Kier molecular flexibility index (Phi) is 4.28. The van der Waals surface area contributed by atoms with Gasteiger partial charge >= 0.3 is 0 Å². The molecule has 0 atom stereocenters. The van der Waals surface area contributed by atoms with Gasteiger partial charge in [-0.25, -0.2) is 0 Å². The molecular weight excluding hydrogens is 130 g/mol. The molecule has 0 bridgehead atoms. The molecule has 0 rings (SSSR count). The zero-order valence-corrected chi connectivity index (χ0v) is 6.83. The average Bonchev–Trinajstić information content (AvgIpc) is 1.88. The minimum Gasteiger partial charge on any atom is -0.483 e. The smallest absolute Gasteiger partial charge is 0.202 e. The quantitative estimate of drug-likeness (QED) is 0.321. The molecule has 0 aliphatic carbocycles. The second-order valence-electron chi connectivity index (χ2n) is 1.77. The highest BCUT2D eigenvalue weighted by atomic mass is 16.5. The summed E-state index contributed by atoms with van der Waals surface area (Å²) >= 11 is 0. The molecule has 0 aromatic carbocycles. The third-order valence-corrected chi connectivity index (χ3v) is 0.877. The normalized spacial score (nSPS) is 12.2. The Balaban J connectivity index is 3.86. The number of hydrogen-bond donors (Lipinski definition) is 0. The SMILES string of the molecule is C/N=C\N(C)/N=C(\C)OC. The number of aliphatic imine (C=N–C) groups is 1. The van der Waals surface area contributed by atoms with Gasteiger partial charge in [0.25, 0.3) is 0 Å². The van der Waals surface area contributed by atoms with Crippen molar-refractivity contribution in [3.05, 3.63) is 0 Å². The molecule has 0 amide bonds. The first kappa shape index (κ1) is 8.94. The van der Waals surface area contributed by atoms with E-state index in [1.165, 1.54) is 0 Å². The summed E-state index contributed by atoms with van der Waals surface area (Å²) in [7, 11) is 5.05. The Morgan fingerprint density at radius 3 is 2.60 bits per heavy atom. The van der Waals surface area contributed by atoms with E-state index in [2.05, 4.69) is 10.1 Å². The number of hydrazone groups is 1. The minimum absolute atomic E-state index is 0.613. The first-order valence-electron chi connectivity index (χ1n) is 2.95. The molecule has 0 unspecified atom stereocenters. The fourth-order valence-electron chi connectivity index (χ4n) is 0.456. The summed E-state index contributed by atoms with van der Waals surface area (Å²) < 4.78 is 4.81. The molecule has 0 aliphatic heterocycles. The molecule has 0 aromatic rings. The number of methoxy groups -OCH3 is 1. The molecule has 0 aromatic heterocycles. The number of hydrogen-bond acceptors (Lipinski definition) is 3. The zero-order chi connectivity index (χ0) is 7.98. The third-order valence-electron chi connectivity index (χ3n) is 0.877. The van der Waals surface area contributed by atoms with Crippen LogP contribution in [0, 0.1) is 0 Å². The van der Waals surface area contributed by atoms with Gasteiger partial charge in [-0.3, -0.25) is 10.0 Å². The van der Waals surface area contributed by atoms with E-state index >= 15 is 0 Å². The lowest BCUT2D eigenvalue weighted by Crippen LogP contribution is -2.11. The van der Waals surface area contributed by atoms with E-state index in [-0.39, 0.29) is 0 Å². The van der Waals surface area contributed by atoms with Crippen LogP contribution in [0.5, 0.6) is 0 Å². The molecular formula is C6H13N3O. The van der Waals surface area contributed by atoms with Crippen LogP contribution >= 0.6 is 0 Å². The topological polar surface area (TPSA) is 37.2 Å². The number of ether oxygens (including phenoxy) is 1. The van der Waals surface area contributed by atoms with E-state index in [0.29, 0.717) is 5.90 Å². The lowest BCUT2D eigenvalue weighted by Gasteiger charge is -2.05. The van der Waals surface area contributed by atoms with Gasteiger partial charge in [0.15, 0.2) is 0 Å². The maximum atomic E-state index is 4.81. The number of nitrogens with zero attached hydrogens (tertiary/aromatic N) is 3. The highest BCUT2D eigenvalue weighted by Gasteiger charge is 1.87. The monoisotopic (exact) mass is 143 g/mol. The van der Waals surface area contributed by atoms with Crippen LogP contribution in [-0.2, 0) is 4.74 Å². The van der Waals surface area contributed by atoms with Gasteiger partial charge in [-0.2, -0.15) is 0 Å². The van der Waals surface area contributed by atoms with Crippen LogP contribution in [-0.4, -0.2) is 38.5 Å². The van der Waals surface area contributed by atoms with Gasteiger partial charge in [-0.05, 0) is 0 Å². The van der Waals surface area contributed by atoms with Crippen molar-refractivity contribution in [3.63, 3.8) is 0 Å². The maximum absolute atomic E-state index is 4.81. The molecule has 0 N–H and O–H groups in total. The van der Waals surface area contributed by atoms with Crippen LogP contribution in [0.4, 0.5) is 0 Å². The summed E-state index contributed by atoms with van der Waals surface area (Å²) in [6.07, 6.45) is 1.60. The Labute approximate surface area is 61.2 Å². The van der Waals surface area contributed by atoms with E-state index in [0.717, 1.165) is 0 Å². The Bertz CT molecular complexity index is 142. The average molecular weight is 143 g/mol. The fraction of sp³-hybridized carbons (Fsp3) is 0.667. The van der Waals surface area contributed by atoms with E-state index in [1.54, 1.807) is 39.5 Å². The van der Waals surface area contributed by atoms with Gasteiger partial charge in [-0.1, -0.05) is 0 Å². The van der Waals surface area contributed by atoms with Gasteiger partial charge < -0.3 is 4.74 Å². The molecule has 4 nitrogen and oxygen atoms in total. The van der Waals surface area contributed by atoms with Crippen LogP contribution in [0.3, 0.4) is 0 Å². The minimum atomic E-state index is 0.613. The van der Waals surface area contributed by atoms with Gasteiger partial charge in [0.2, 0.25) is 5.90 Å². The summed E-state index contributed by atoms with van der Waals surface area (Å²) in [6, 6.07) is 0. The second kappa shape index (κ2) is 4.78. The van der Waals surface area contributed by atoms with E-state index in [9.17, 15) is 0 Å². The lowest BCUT2D eigenvalue weighted by atomic mass is 10.8. The Hall–Kier alpha value is -1.06. The molecule has 10 heavy (non-hydrogen) atoms. The van der Waals surface area contributed by atoms with E-state index in [4.69, 9.17) is 4.74 Å². The van der Waals surface area contributed by atoms with Crippen molar-refractivity contribution >= 4 is 12.2 Å². The van der Waals surface area contributed by atoms with Crippen molar-refractivity contribution in [2.75, 3.05) is 21.2 Å². The van der Waals surface area contributed by atoms with E-state index < -0.39 is 0 Å². The summed E-state index contributed by atoms with van der Waals surface area (Å²) in [5.41, 5.74) is 0. The van der Waals surface area contributed by atoms with E-state index in [1.807, 2.05) is 0 Å². The first-order chi connectivity index (χ1) is 4.70. The van der Waals surface area contributed by atoms with Gasteiger partial charge in [-0.15, -0.1) is 5.10 Å². The molecule has 0 heterocycles. The van der Waals surface area contributed by atoms with Gasteiger partial charge in [0.1, 0.15) is 6.34 Å². The molecule has 0 spiro atoms. The summed E-state index contributed by atoms with van der Waals surface area (Å²) in [5, 5.41) is 5.55. The predicted molar refractivity (Wildman–Crippen MR) is 42.3 cm³/mol. The molecule has 0 saturated carbocycles. The molecule has 0 fully saturated rings. The maximum Gasteiger partial charge on any atom is 0.202 e. The molecule has 0 radical (unpaired) electrons. The second-order valence-corrected chi connectivity index (χ2v) is 1.77. The zero-order valence-electron chi connectivity index (χ0n) is 6.83. The summed E-state index contributed by atoms with van der Waals surface area (Å²) in [4.78, 5) is 3.76.